The Kier molecular flexibility index (Phi) is 12.8. The zero-order chi connectivity index (χ0) is 37.2. The molecule has 50 heavy (non-hydrogen) atoms. The van der Waals surface area contributed by atoms with Crippen molar-refractivity contribution >= 4 is 55.7 Å². The summed E-state index contributed by atoms with van der Waals surface area (Å²) < 4.78 is 17.9. The van der Waals surface area contributed by atoms with Gasteiger partial charge >= 0.3 is 12.1 Å². The van der Waals surface area contributed by atoms with Crippen molar-refractivity contribution in [1.29, 1.82) is 0 Å². The summed E-state index contributed by atoms with van der Waals surface area (Å²) >= 11 is 6.29. The molecule has 0 radical (unpaired) electrons. The van der Waals surface area contributed by atoms with Crippen LogP contribution in [-0.4, -0.2) is 152 Å². The second kappa shape index (κ2) is 16.0. The molecule has 3 saturated heterocycles. The monoisotopic (exact) mass is 836 g/mol. The molecule has 3 amide bonds. The Morgan fingerprint density at radius 3 is 2.40 bits per heavy atom. The maximum absolute atomic E-state index is 12.9. The minimum absolute atomic E-state index is 0.117. The number of benzene rings is 1. The van der Waals surface area contributed by atoms with Gasteiger partial charge in [-0.25, -0.2) is 9.59 Å². The van der Waals surface area contributed by atoms with E-state index in [4.69, 9.17) is 14.2 Å². The van der Waals surface area contributed by atoms with Crippen LogP contribution in [0.15, 0.2) is 21.1 Å². The van der Waals surface area contributed by atoms with Gasteiger partial charge in [0.1, 0.15) is 23.6 Å². The number of nitrogens with zero attached hydrogens (tertiary/aromatic N) is 2. The molecule has 18 heteroatoms. The molecule has 4 rings (SSSR count). The normalized spacial score (nSPS) is 28.6. The summed E-state index contributed by atoms with van der Waals surface area (Å²) in [5.74, 6) is -2.77. The molecule has 3 aliphatic rings. The van der Waals surface area contributed by atoms with Crippen LogP contribution in [-0.2, 0) is 23.8 Å². The molecule has 0 bridgehead atoms. The number of amides is 3. The molecule has 0 unspecified atom stereocenters. The van der Waals surface area contributed by atoms with Crippen molar-refractivity contribution < 1.29 is 58.9 Å². The summed E-state index contributed by atoms with van der Waals surface area (Å²) in [7, 11) is 0. The van der Waals surface area contributed by atoms with Crippen molar-refractivity contribution in [3.63, 3.8) is 0 Å². The Bertz CT molecular complexity index is 1420. The highest BCUT2D eigenvalue weighted by Crippen LogP contribution is 2.38. The van der Waals surface area contributed by atoms with Gasteiger partial charge in [-0.1, -0.05) is 0 Å². The first-order chi connectivity index (χ1) is 23.3. The maximum atomic E-state index is 12.9. The number of aliphatic hydroxyl groups excluding tert-OH is 3. The number of phenolic OH excluding ortho intramolecular Hbond substituents is 1. The van der Waals surface area contributed by atoms with E-state index in [-0.39, 0.29) is 33.2 Å². The van der Waals surface area contributed by atoms with Gasteiger partial charge in [0.15, 0.2) is 5.60 Å². The number of carboxylic acids is 1. The number of carboxylic acid groups (broad SMARTS) is 1. The maximum Gasteiger partial charge on any atom is 0.410 e. The minimum atomic E-state index is -2.05. The van der Waals surface area contributed by atoms with Crippen molar-refractivity contribution in [2.45, 2.75) is 94.2 Å². The number of carbonyl (C=O) groups is 4. The van der Waals surface area contributed by atoms with Crippen molar-refractivity contribution in [3.8, 4) is 5.75 Å². The van der Waals surface area contributed by atoms with Crippen LogP contribution in [0.25, 0.3) is 0 Å². The molecule has 16 nitrogen and oxygen atoms in total. The number of hydrogen-bond donors (Lipinski definition) is 7. The molecule has 3 fully saturated rings. The Morgan fingerprint density at radius 1 is 1.14 bits per heavy atom. The topological polar surface area (TPSA) is 228 Å². The van der Waals surface area contributed by atoms with Crippen molar-refractivity contribution in [2.24, 2.45) is 0 Å². The number of aromatic hydroxyl groups is 1. The summed E-state index contributed by atoms with van der Waals surface area (Å²) in [6.07, 6.45) is -7.18. The first-order valence-corrected chi connectivity index (χ1v) is 17.9. The molecule has 0 saturated carbocycles. The second-order valence-electron chi connectivity index (χ2n) is 14.1. The van der Waals surface area contributed by atoms with E-state index >= 15 is 0 Å². The summed E-state index contributed by atoms with van der Waals surface area (Å²) in [4.78, 5) is 54.3. The van der Waals surface area contributed by atoms with Crippen LogP contribution in [0.3, 0.4) is 0 Å². The number of halogens is 2. The highest BCUT2D eigenvalue weighted by molar-refractivity contribution is 9.11. The molecule has 1 aromatic carbocycles. The van der Waals surface area contributed by atoms with Crippen LogP contribution < -0.4 is 10.6 Å². The lowest BCUT2D eigenvalue weighted by atomic mass is 9.81. The summed E-state index contributed by atoms with van der Waals surface area (Å²) in [6, 6.07) is 1.41. The van der Waals surface area contributed by atoms with E-state index in [0.29, 0.717) is 39.3 Å². The standard InChI is InChI=1S/C32H46Br2N4O12/c1-17(39)36-23-21(40)13-32(28(45)46,6-8-38-9-10-48-16-31(38)5-7-37(15-31)29(47)50-30(2,3)4)49-26(23)25(43)22(41)14-35-27(44)18-11-19(33)24(42)20(34)12-18/h11-12,21-23,25-26,40-43H,5-10,13-16H2,1-4H3,(H,35,44)(H,36,39)(H,45,46)/t21-,22+,23+,25+,26+,31-,32+/m0/s1. The molecular weight excluding hydrogens is 792 g/mol. The average Bonchev–Trinajstić information content (AvgIpc) is 3.45. The molecule has 1 aromatic rings. The molecule has 0 aliphatic carbocycles. The lowest BCUT2D eigenvalue weighted by Gasteiger charge is -2.49. The number of rotatable bonds is 10. The fourth-order valence-corrected chi connectivity index (χ4v) is 7.83. The van der Waals surface area contributed by atoms with Gasteiger partial charge in [0.05, 0.1) is 45.9 Å². The highest BCUT2D eigenvalue weighted by Gasteiger charge is 2.55. The van der Waals surface area contributed by atoms with Crippen molar-refractivity contribution in [2.75, 3.05) is 45.9 Å². The third-order valence-corrected chi connectivity index (χ3v) is 10.4. The van der Waals surface area contributed by atoms with E-state index in [2.05, 4.69) is 47.4 Å². The van der Waals surface area contributed by atoms with Gasteiger partial charge < -0.3 is 55.3 Å². The molecule has 7 atom stereocenters. The smallest absolute Gasteiger partial charge is 0.410 e. The zero-order valence-electron chi connectivity index (χ0n) is 28.4. The summed E-state index contributed by atoms with van der Waals surface area (Å²) in [6.45, 7) is 8.00. The van der Waals surface area contributed by atoms with E-state index in [1.807, 2.05) is 0 Å². The van der Waals surface area contributed by atoms with Gasteiger partial charge in [-0.05, 0) is 71.2 Å². The number of likely N-dealkylation sites (tertiary alicyclic amines) is 1. The SMILES string of the molecule is CC(=O)N[C@H]1[C@H]([C@H](O)[C@H](O)CNC(=O)c2cc(Br)c(O)c(Br)c2)O[C@@](CCN2CCOC[C@@]23CCN(C(=O)OC(C)(C)C)C3)(C(=O)O)C[C@@H]1O. The first-order valence-electron chi connectivity index (χ1n) is 16.3. The Hall–Kier alpha value is -2.58. The van der Waals surface area contributed by atoms with E-state index in [1.54, 1.807) is 25.7 Å². The molecule has 280 valence electrons. The number of nitrogens with one attached hydrogen (secondary N) is 2. The predicted molar refractivity (Wildman–Crippen MR) is 183 cm³/mol. The molecule has 0 aromatic heterocycles. The predicted octanol–water partition coefficient (Wildman–Crippen LogP) is 0.949. The van der Waals surface area contributed by atoms with Crippen LogP contribution in [0.5, 0.6) is 5.75 Å². The van der Waals surface area contributed by atoms with Crippen molar-refractivity contribution in [3.05, 3.63) is 26.6 Å². The third kappa shape index (κ3) is 9.25. The van der Waals surface area contributed by atoms with Gasteiger partial charge in [-0.3, -0.25) is 14.5 Å². The van der Waals surface area contributed by atoms with E-state index < -0.39 is 84.0 Å². The first kappa shape index (κ1) is 40.2. The van der Waals surface area contributed by atoms with Crippen LogP contribution in [0, 0.1) is 0 Å². The van der Waals surface area contributed by atoms with E-state index in [9.17, 15) is 44.7 Å². The quantitative estimate of drug-likeness (QED) is 0.175. The number of carbonyl (C=O) groups excluding carboxylic acids is 3. The average molecular weight is 839 g/mol. The number of hydrogen-bond acceptors (Lipinski definition) is 12. The van der Waals surface area contributed by atoms with Gasteiger partial charge in [0.2, 0.25) is 5.91 Å². The van der Waals surface area contributed by atoms with E-state index in [0.717, 1.165) is 0 Å². The Morgan fingerprint density at radius 2 is 1.80 bits per heavy atom. The summed E-state index contributed by atoms with van der Waals surface area (Å²) in [5, 5.41) is 58.9. The lowest BCUT2D eigenvalue weighted by molar-refractivity contribution is -0.231. The number of aliphatic carboxylic acids is 1. The number of morpholine rings is 1. The van der Waals surface area contributed by atoms with Gasteiger partial charge in [0, 0.05) is 58.1 Å². The van der Waals surface area contributed by atoms with Crippen LogP contribution in [0.2, 0.25) is 0 Å². The zero-order valence-corrected chi connectivity index (χ0v) is 31.5. The molecule has 3 heterocycles. The van der Waals surface area contributed by atoms with Crippen LogP contribution in [0.1, 0.15) is 57.3 Å². The fraction of sp³-hybridized carbons (Fsp3) is 0.688. The molecular formula is C32H46Br2N4O12. The number of ether oxygens (including phenoxy) is 3. The molecule has 7 N–H and O–H groups in total. The fourth-order valence-electron chi connectivity index (χ4n) is 6.65. The minimum Gasteiger partial charge on any atom is -0.506 e. The highest BCUT2D eigenvalue weighted by atomic mass is 79.9. The number of phenols is 1. The van der Waals surface area contributed by atoms with Gasteiger partial charge in [-0.2, -0.15) is 0 Å². The Balaban J connectivity index is 1.50. The van der Waals surface area contributed by atoms with Crippen LogP contribution >= 0.6 is 31.9 Å². The molecule has 3 aliphatic heterocycles. The number of aliphatic hydroxyl groups is 3. The van der Waals surface area contributed by atoms with Crippen molar-refractivity contribution in [1.82, 2.24) is 20.4 Å². The largest absolute Gasteiger partial charge is 0.506 e. The third-order valence-electron chi connectivity index (χ3n) is 9.23. The lowest BCUT2D eigenvalue weighted by Crippen LogP contribution is -2.68. The van der Waals surface area contributed by atoms with E-state index in [1.165, 1.54) is 19.1 Å². The Labute approximate surface area is 306 Å². The second-order valence-corrected chi connectivity index (χ2v) is 15.8. The molecule has 1 spiro atoms. The van der Waals surface area contributed by atoms with Gasteiger partial charge in [0.25, 0.3) is 5.91 Å². The van der Waals surface area contributed by atoms with Crippen LogP contribution in [0.4, 0.5) is 4.79 Å². The van der Waals surface area contributed by atoms with Gasteiger partial charge in [-0.15, -0.1) is 0 Å². The summed E-state index contributed by atoms with van der Waals surface area (Å²) in [5.41, 5.74) is -3.22.